The van der Waals surface area contributed by atoms with Crippen molar-refractivity contribution in [2.24, 2.45) is 11.8 Å². The Kier molecular flexibility index (Phi) is 14.4. The lowest BCUT2D eigenvalue weighted by molar-refractivity contribution is 0.0245. The van der Waals surface area contributed by atoms with Crippen molar-refractivity contribution in [3.8, 4) is 0 Å². The highest BCUT2D eigenvalue weighted by molar-refractivity contribution is 8.68. The standard InChI is InChI=1S/C18H36N2OS2/c1-7-16(4)18(9-3)20(6)12-10-11-19(5)15-21-13-17(8-2)14-23-22/h7,9,16-18,22H,1,3,8,10-15H2,2,4-6H3. The Morgan fingerprint density at radius 2 is 1.91 bits per heavy atom. The molecule has 136 valence electrons. The summed E-state index contributed by atoms with van der Waals surface area (Å²) < 4.78 is 5.82. The van der Waals surface area contributed by atoms with Crippen LogP contribution in [0.3, 0.4) is 0 Å². The van der Waals surface area contributed by atoms with Crippen LogP contribution in [0.2, 0.25) is 0 Å². The van der Waals surface area contributed by atoms with Gasteiger partial charge in [0.2, 0.25) is 0 Å². The number of hydrogen-bond donors (Lipinski definition) is 1. The number of rotatable bonds is 15. The molecule has 0 aliphatic rings. The van der Waals surface area contributed by atoms with Gasteiger partial charge in [0.1, 0.15) is 0 Å². The highest BCUT2D eigenvalue weighted by Gasteiger charge is 2.15. The van der Waals surface area contributed by atoms with Crippen LogP contribution in [0.4, 0.5) is 0 Å². The SMILES string of the molecule is C=CC(C)C(C=C)N(C)CCCN(C)COCC(CC)CSS. The first kappa shape index (κ1) is 23.1. The number of likely N-dealkylation sites (N-methyl/N-ethyl adjacent to an activating group) is 1. The molecule has 0 bridgehead atoms. The van der Waals surface area contributed by atoms with Gasteiger partial charge in [-0.25, -0.2) is 0 Å². The molecule has 0 radical (unpaired) electrons. The van der Waals surface area contributed by atoms with E-state index in [9.17, 15) is 0 Å². The van der Waals surface area contributed by atoms with E-state index in [1.807, 2.05) is 12.2 Å². The van der Waals surface area contributed by atoms with Crippen LogP contribution in [-0.4, -0.2) is 62.1 Å². The largest absolute Gasteiger partial charge is 0.366 e. The molecule has 0 saturated carbocycles. The predicted octanol–water partition coefficient (Wildman–Crippen LogP) is 4.20. The van der Waals surface area contributed by atoms with Crippen LogP contribution in [0.1, 0.15) is 26.7 Å². The zero-order chi connectivity index (χ0) is 17.7. The third-order valence-corrected chi connectivity index (χ3v) is 5.33. The fourth-order valence-electron chi connectivity index (χ4n) is 2.50. The molecule has 0 fully saturated rings. The van der Waals surface area contributed by atoms with E-state index < -0.39 is 0 Å². The summed E-state index contributed by atoms with van der Waals surface area (Å²) in [5, 5.41) is 0. The minimum atomic E-state index is 0.359. The summed E-state index contributed by atoms with van der Waals surface area (Å²) in [7, 11) is 5.87. The first-order valence-corrected chi connectivity index (χ1v) is 10.5. The second-order valence-corrected chi connectivity index (χ2v) is 7.67. The topological polar surface area (TPSA) is 15.7 Å². The zero-order valence-electron chi connectivity index (χ0n) is 15.4. The van der Waals surface area contributed by atoms with Gasteiger partial charge >= 0.3 is 0 Å². The Morgan fingerprint density at radius 1 is 1.22 bits per heavy atom. The van der Waals surface area contributed by atoms with Crippen molar-refractivity contribution < 1.29 is 4.74 Å². The summed E-state index contributed by atoms with van der Waals surface area (Å²) in [5.74, 6) is 2.08. The number of ether oxygens (including phenoxy) is 1. The van der Waals surface area contributed by atoms with Gasteiger partial charge in [-0.2, -0.15) is 0 Å². The second-order valence-electron chi connectivity index (χ2n) is 6.30. The van der Waals surface area contributed by atoms with E-state index in [4.69, 9.17) is 4.74 Å². The molecule has 0 aliphatic carbocycles. The predicted molar refractivity (Wildman–Crippen MR) is 109 cm³/mol. The number of nitrogens with zero attached hydrogens (tertiary/aromatic N) is 2. The average Bonchev–Trinajstić information content (AvgIpc) is 2.54. The molecule has 3 atom stereocenters. The van der Waals surface area contributed by atoms with E-state index in [1.54, 1.807) is 10.8 Å². The lowest BCUT2D eigenvalue weighted by atomic mass is 10.0. The molecule has 0 heterocycles. The molecular formula is C18H36N2OS2. The Morgan fingerprint density at radius 3 is 2.43 bits per heavy atom. The Hall–Kier alpha value is 0.0600. The molecule has 3 unspecified atom stereocenters. The van der Waals surface area contributed by atoms with E-state index in [1.165, 1.54) is 0 Å². The Balaban J connectivity index is 3.90. The summed E-state index contributed by atoms with van der Waals surface area (Å²) in [5.41, 5.74) is 0. The van der Waals surface area contributed by atoms with Gasteiger partial charge in [0.25, 0.3) is 0 Å². The van der Waals surface area contributed by atoms with Gasteiger partial charge in [-0.3, -0.25) is 9.80 Å². The molecule has 0 rings (SSSR count). The van der Waals surface area contributed by atoms with Crippen molar-refractivity contribution in [1.82, 2.24) is 9.80 Å². The van der Waals surface area contributed by atoms with E-state index >= 15 is 0 Å². The Bertz CT molecular complexity index is 315. The van der Waals surface area contributed by atoms with Crippen LogP contribution in [0.5, 0.6) is 0 Å². The van der Waals surface area contributed by atoms with E-state index in [2.05, 4.69) is 62.6 Å². The fourth-order valence-corrected chi connectivity index (χ4v) is 3.68. The van der Waals surface area contributed by atoms with Crippen molar-refractivity contribution >= 4 is 22.5 Å². The molecular weight excluding hydrogens is 324 g/mol. The van der Waals surface area contributed by atoms with E-state index in [0.29, 0.717) is 24.6 Å². The summed E-state index contributed by atoms with van der Waals surface area (Å²) in [6.07, 6.45) is 6.28. The molecule has 23 heavy (non-hydrogen) atoms. The number of hydrogen-bond acceptors (Lipinski definition) is 5. The van der Waals surface area contributed by atoms with Crippen molar-refractivity contribution in [3.63, 3.8) is 0 Å². The normalized spacial score (nSPS) is 15.6. The van der Waals surface area contributed by atoms with E-state index in [-0.39, 0.29) is 0 Å². The molecule has 3 nitrogen and oxygen atoms in total. The monoisotopic (exact) mass is 360 g/mol. The molecule has 0 N–H and O–H groups in total. The van der Waals surface area contributed by atoms with Gasteiger partial charge in [0, 0.05) is 18.3 Å². The van der Waals surface area contributed by atoms with Gasteiger partial charge in [-0.15, -0.1) is 24.8 Å². The van der Waals surface area contributed by atoms with E-state index in [0.717, 1.165) is 38.3 Å². The van der Waals surface area contributed by atoms with Crippen molar-refractivity contribution in [2.45, 2.75) is 32.7 Å². The Labute approximate surface area is 153 Å². The fraction of sp³-hybridized carbons (Fsp3) is 0.778. The lowest BCUT2D eigenvalue weighted by Gasteiger charge is -2.29. The molecule has 0 aromatic rings. The minimum Gasteiger partial charge on any atom is -0.366 e. The maximum Gasteiger partial charge on any atom is 0.0987 e. The molecule has 0 spiro atoms. The van der Waals surface area contributed by atoms with Crippen LogP contribution in [0.15, 0.2) is 25.3 Å². The van der Waals surface area contributed by atoms with Gasteiger partial charge in [-0.05, 0) is 38.9 Å². The molecule has 0 saturated heterocycles. The van der Waals surface area contributed by atoms with Gasteiger partial charge in [0.15, 0.2) is 0 Å². The van der Waals surface area contributed by atoms with Gasteiger partial charge in [0.05, 0.1) is 13.3 Å². The third kappa shape index (κ3) is 10.5. The van der Waals surface area contributed by atoms with Crippen LogP contribution in [-0.2, 0) is 4.74 Å². The zero-order valence-corrected chi connectivity index (χ0v) is 17.1. The maximum atomic E-state index is 5.82. The van der Waals surface area contributed by atoms with Crippen molar-refractivity contribution in [2.75, 3.05) is 46.3 Å². The van der Waals surface area contributed by atoms with Gasteiger partial charge in [-0.1, -0.05) is 43.2 Å². The first-order chi connectivity index (χ1) is 11.0. The summed E-state index contributed by atoms with van der Waals surface area (Å²) >= 11 is 4.22. The number of thiol groups is 1. The summed E-state index contributed by atoms with van der Waals surface area (Å²) in [6.45, 7) is 15.8. The first-order valence-electron chi connectivity index (χ1n) is 8.48. The van der Waals surface area contributed by atoms with Crippen LogP contribution in [0, 0.1) is 11.8 Å². The minimum absolute atomic E-state index is 0.359. The van der Waals surface area contributed by atoms with Gasteiger partial charge < -0.3 is 4.74 Å². The second kappa shape index (κ2) is 14.4. The maximum absolute atomic E-state index is 5.82. The van der Waals surface area contributed by atoms with Crippen molar-refractivity contribution in [3.05, 3.63) is 25.3 Å². The smallest absolute Gasteiger partial charge is 0.0987 e. The third-order valence-electron chi connectivity index (χ3n) is 4.26. The lowest BCUT2D eigenvalue weighted by Crippen LogP contribution is -2.36. The van der Waals surface area contributed by atoms with Crippen LogP contribution in [0.25, 0.3) is 0 Å². The highest BCUT2D eigenvalue weighted by Crippen LogP contribution is 2.15. The van der Waals surface area contributed by atoms with Crippen LogP contribution < -0.4 is 0 Å². The quantitative estimate of drug-likeness (QED) is 0.204. The van der Waals surface area contributed by atoms with Crippen molar-refractivity contribution in [1.29, 1.82) is 0 Å². The van der Waals surface area contributed by atoms with Crippen LogP contribution >= 0.6 is 22.5 Å². The summed E-state index contributed by atoms with van der Waals surface area (Å²) in [4.78, 5) is 4.60. The average molecular weight is 361 g/mol. The molecule has 0 aromatic heterocycles. The molecule has 5 heteroatoms. The molecule has 0 amide bonds. The molecule has 0 aromatic carbocycles. The highest BCUT2D eigenvalue weighted by atomic mass is 33.1. The molecule has 0 aliphatic heterocycles. The summed E-state index contributed by atoms with van der Waals surface area (Å²) in [6, 6.07) is 0.359.